The van der Waals surface area contributed by atoms with Crippen LogP contribution in [0.5, 0.6) is 0 Å². The van der Waals surface area contributed by atoms with Gasteiger partial charge in [0.05, 0.1) is 0 Å². The molecule has 0 atom stereocenters. The van der Waals surface area contributed by atoms with Gasteiger partial charge in [0.15, 0.2) is 0 Å². The summed E-state index contributed by atoms with van der Waals surface area (Å²) in [7, 11) is 0. The summed E-state index contributed by atoms with van der Waals surface area (Å²) in [5, 5.41) is 0. The predicted molar refractivity (Wildman–Crippen MR) is 82.2 cm³/mol. The molecule has 1 aromatic heterocycles. The monoisotopic (exact) mass is 527 g/mol. The number of aryl methyl sites for hydroxylation is 1. The Hall–Kier alpha value is -1.26. The predicted octanol–water partition coefficient (Wildman–Crippen LogP) is 5.40. The van der Waals surface area contributed by atoms with Crippen molar-refractivity contribution in [2.75, 3.05) is 0 Å². The molecule has 0 fully saturated rings. The summed E-state index contributed by atoms with van der Waals surface area (Å²) in [6.45, 7) is 0. The Morgan fingerprint density at radius 2 is 1.64 bits per heavy atom. The zero-order valence-electron chi connectivity index (χ0n) is 13.3. The first-order chi connectivity index (χ1) is 11.4. The average Bonchev–Trinajstić information content (AvgIpc) is 2.58. The second-order valence-corrected chi connectivity index (χ2v) is 6.59. The van der Waals surface area contributed by atoms with Crippen LogP contribution < -0.4 is 0 Å². The molecular formula is C19H16F4IrN-. The van der Waals surface area contributed by atoms with Crippen LogP contribution in [0.15, 0.2) is 24.4 Å². The summed E-state index contributed by atoms with van der Waals surface area (Å²) in [5.74, 6) is -6.47. The van der Waals surface area contributed by atoms with Crippen molar-refractivity contribution in [3.8, 4) is 11.3 Å². The fourth-order valence-corrected chi connectivity index (χ4v) is 3.71. The van der Waals surface area contributed by atoms with E-state index in [9.17, 15) is 17.6 Å². The Kier molecular flexibility index (Phi) is 4.80. The number of pyridine rings is 1. The van der Waals surface area contributed by atoms with Crippen LogP contribution in [0.4, 0.5) is 17.6 Å². The molecule has 1 heterocycles. The molecule has 1 aromatic carbocycles. The first kappa shape index (κ1) is 18.5. The van der Waals surface area contributed by atoms with Crippen molar-refractivity contribution >= 4 is 0 Å². The van der Waals surface area contributed by atoms with Crippen LogP contribution in [0.3, 0.4) is 0 Å². The first-order valence-electron chi connectivity index (χ1n) is 8.18. The van der Waals surface area contributed by atoms with Gasteiger partial charge in [-0.15, -0.1) is 23.8 Å². The van der Waals surface area contributed by atoms with Gasteiger partial charge >= 0.3 is 0 Å². The molecule has 0 amide bonds. The van der Waals surface area contributed by atoms with Gasteiger partial charge in [-0.05, 0) is 37.4 Å². The van der Waals surface area contributed by atoms with E-state index in [1.807, 2.05) is 6.07 Å². The van der Waals surface area contributed by atoms with E-state index in [0.717, 1.165) is 42.9 Å². The maximum Gasteiger partial charge on any atom is 0.257 e. The third-order valence-electron chi connectivity index (χ3n) is 5.02. The molecule has 6 heteroatoms. The summed E-state index contributed by atoms with van der Waals surface area (Å²) in [6, 6.07) is 6.92. The normalized spacial score (nSPS) is 20.2. The second kappa shape index (κ2) is 6.48. The SMILES string of the molecule is FC1(F)CCC(F)(F)c2cc(-c3nccc4c3CCCC4)[c-]cc21.[Ir]. The van der Waals surface area contributed by atoms with E-state index in [4.69, 9.17) is 0 Å². The fraction of sp³-hybridized carbons (Fsp3) is 0.421. The van der Waals surface area contributed by atoms with E-state index in [-0.39, 0.29) is 20.1 Å². The van der Waals surface area contributed by atoms with E-state index >= 15 is 0 Å². The van der Waals surface area contributed by atoms with Crippen LogP contribution in [0.1, 0.15) is 47.9 Å². The Morgan fingerprint density at radius 1 is 0.960 bits per heavy atom. The maximum absolute atomic E-state index is 14.2. The van der Waals surface area contributed by atoms with Crippen LogP contribution in [-0.2, 0) is 44.8 Å². The minimum Gasteiger partial charge on any atom is -0.304 e. The van der Waals surface area contributed by atoms with E-state index in [1.165, 1.54) is 6.07 Å². The number of benzene rings is 1. The minimum absolute atomic E-state index is 0. The molecule has 1 radical (unpaired) electrons. The molecule has 135 valence electrons. The van der Waals surface area contributed by atoms with E-state index in [0.29, 0.717) is 11.3 Å². The Bertz CT molecular complexity index is 804. The topological polar surface area (TPSA) is 12.9 Å². The minimum atomic E-state index is -3.24. The number of rotatable bonds is 1. The van der Waals surface area contributed by atoms with Crippen LogP contribution in [0, 0.1) is 6.07 Å². The smallest absolute Gasteiger partial charge is 0.257 e. The quantitative estimate of drug-likeness (QED) is 0.358. The zero-order valence-corrected chi connectivity index (χ0v) is 15.7. The molecule has 1 nitrogen and oxygen atoms in total. The van der Waals surface area contributed by atoms with Gasteiger partial charge in [-0.2, -0.15) is 0 Å². The molecule has 0 spiro atoms. The second-order valence-electron chi connectivity index (χ2n) is 6.59. The largest absolute Gasteiger partial charge is 0.304 e. The van der Waals surface area contributed by atoms with Gasteiger partial charge < -0.3 is 4.98 Å². The number of halogens is 4. The van der Waals surface area contributed by atoms with Crippen molar-refractivity contribution in [1.29, 1.82) is 0 Å². The molecule has 2 aromatic rings. The molecular weight excluding hydrogens is 510 g/mol. The first-order valence-corrected chi connectivity index (χ1v) is 8.18. The van der Waals surface area contributed by atoms with Crippen LogP contribution in [0.25, 0.3) is 11.3 Å². The number of fused-ring (bicyclic) bond motifs is 2. The van der Waals surface area contributed by atoms with Gasteiger partial charge in [0.2, 0.25) is 5.92 Å². The van der Waals surface area contributed by atoms with Crippen molar-refractivity contribution in [2.24, 2.45) is 0 Å². The number of hydrogen-bond donors (Lipinski definition) is 0. The molecule has 0 N–H and O–H groups in total. The van der Waals surface area contributed by atoms with Crippen LogP contribution in [-0.4, -0.2) is 4.98 Å². The maximum atomic E-state index is 14.2. The standard InChI is InChI=1S/C19H16F4N.Ir/c20-18(21)8-9-19(22,23)16-11-13(5-6-15(16)18)17-14-4-2-1-3-12(14)7-10-24-17;/h6-7,10-11H,1-4,8-9H2;/q-1;. The van der Waals surface area contributed by atoms with Gasteiger partial charge in [0, 0.05) is 39.1 Å². The molecule has 2 aliphatic carbocycles. The number of aromatic nitrogens is 1. The molecule has 0 saturated carbocycles. The van der Waals surface area contributed by atoms with E-state index in [2.05, 4.69) is 11.1 Å². The van der Waals surface area contributed by atoms with Crippen molar-refractivity contribution in [1.82, 2.24) is 4.98 Å². The number of alkyl halides is 4. The molecule has 4 rings (SSSR count). The molecule has 0 unspecified atom stereocenters. The van der Waals surface area contributed by atoms with E-state index in [1.54, 1.807) is 6.20 Å². The molecule has 0 saturated heterocycles. The Balaban J connectivity index is 0.00000182. The summed E-state index contributed by atoms with van der Waals surface area (Å²) < 4.78 is 56.4. The molecule has 2 aliphatic rings. The molecule has 0 bridgehead atoms. The summed E-state index contributed by atoms with van der Waals surface area (Å²) in [5.41, 5.74) is 1.99. The van der Waals surface area contributed by atoms with Gasteiger partial charge in [0.25, 0.3) is 5.92 Å². The Labute approximate surface area is 157 Å². The van der Waals surface area contributed by atoms with Gasteiger partial charge in [-0.1, -0.05) is 22.3 Å². The zero-order chi connectivity index (χ0) is 16.9. The van der Waals surface area contributed by atoms with Gasteiger partial charge in [-0.3, -0.25) is 0 Å². The van der Waals surface area contributed by atoms with Crippen LogP contribution >= 0.6 is 0 Å². The molecule has 25 heavy (non-hydrogen) atoms. The van der Waals surface area contributed by atoms with Crippen molar-refractivity contribution in [3.05, 3.63) is 52.7 Å². The summed E-state index contributed by atoms with van der Waals surface area (Å²) in [4.78, 5) is 4.33. The van der Waals surface area contributed by atoms with Crippen LogP contribution in [0.2, 0.25) is 0 Å². The molecule has 0 aliphatic heterocycles. The van der Waals surface area contributed by atoms with Crippen molar-refractivity contribution < 1.29 is 37.7 Å². The third-order valence-corrected chi connectivity index (χ3v) is 5.02. The summed E-state index contributed by atoms with van der Waals surface area (Å²) in [6.07, 6.45) is 3.86. The third kappa shape index (κ3) is 3.15. The van der Waals surface area contributed by atoms with Crippen molar-refractivity contribution in [2.45, 2.75) is 50.4 Å². The number of nitrogens with zero attached hydrogens (tertiary/aromatic N) is 1. The number of hydrogen-bond acceptors (Lipinski definition) is 1. The van der Waals surface area contributed by atoms with Gasteiger partial charge in [0.1, 0.15) is 0 Å². The van der Waals surface area contributed by atoms with Gasteiger partial charge in [-0.25, -0.2) is 17.6 Å². The average molecular weight is 527 g/mol. The fourth-order valence-electron chi connectivity index (χ4n) is 3.71. The van der Waals surface area contributed by atoms with E-state index < -0.39 is 35.8 Å². The Morgan fingerprint density at radius 3 is 2.40 bits per heavy atom. The summed E-state index contributed by atoms with van der Waals surface area (Å²) >= 11 is 0. The van der Waals surface area contributed by atoms with Crippen molar-refractivity contribution in [3.63, 3.8) is 0 Å².